The SMILES string of the molecule is CCCN(CCC)C(=O)c1ccc(Nc2cc(C(=O)OC)ccc2Cl)nn1. The molecule has 1 heterocycles. The number of halogens is 1. The molecule has 0 radical (unpaired) electrons. The van der Waals surface area contributed by atoms with Gasteiger partial charge in [-0.3, -0.25) is 4.79 Å². The van der Waals surface area contributed by atoms with Gasteiger partial charge in [-0.05, 0) is 43.2 Å². The molecule has 1 amide bonds. The summed E-state index contributed by atoms with van der Waals surface area (Å²) in [7, 11) is 1.31. The van der Waals surface area contributed by atoms with Gasteiger partial charge in [-0.1, -0.05) is 25.4 Å². The number of aromatic nitrogens is 2. The van der Waals surface area contributed by atoms with E-state index in [1.165, 1.54) is 7.11 Å². The summed E-state index contributed by atoms with van der Waals surface area (Å²) in [5, 5.41) is 11.5. The fourth-order valence-corrected chi connectivity index (χ4v) is 2.70. The first-order valence-corrected chi connectivity index (χ1v) is 9.15. The molecule has 0 spiro atoms. The minimum absolute atomic E-state index is 0.136. The van der Waals surface area contributed by atoms with Crippen LogP contribution in [-0.4, -0.2) is 47.2 Å². The summed E-state index contributed by atoms with van der Waals surface area (Å²) in [5.41, 5.74) is 1.14. The van der Waals surface area contributed by atoms with E-state index in [1.807, 2.05) is 13.8 Å². The number of benzene rings is 1. The number of nitrogens with zero attached hydrogens (tertiary/aromatic N) is 3. The van der Waals surface area contributed by atoms with E-state index in [4.69, 9.17) is 16.3 Å². The molecule has 27 heavy (non-hydrogen) atoms. The highest BCUT2D eigenvalue weighted by Gasteiger charge is 2.16. The maximum atomic E-state index is 12.5. The molecule has 2 rings (SSSR count). The van der Waals surface area contributed by atoms with Gasteiger partial charge in [0.05, 0.1) is 23.4 Å². The number of hydrogen-bond donors (Lipinski definition) is 1. The first kappa shape index (κ1) is 20.6. The number of carbonyl (C=O) groups excluding carboxylic acids is 2. The first-order chi connectivity index (χ1) is 13.0. The summed E-state index contributed by atoms with van der Waals surface area (Å²) in [6.45, 7) is 5.43. The van der Waals surface area contributed by atoms with Gasteiger partial charge in [0.25, 0.3) is 5.91 Å². The summed E-state index contributed by atoms with van der Waals surface area (Å²) in [5.74, 6) is -0.190. The second kappa shape index (κ2) is 9.87. The topological polar surface area (TPSA) is 84.4 Å². The highest BCUT2D eigenvalue weighted by atomic mass is 35.5. The largest absolute Gasteiger partial charge is 0.465 e. The van der Waals surface area contributed by atoms with Crippen molar-refractivity contribution in [3.05, 3.63) is 46.6 Å². The molecule has 7 nitrogen and oxygen atoms in total. The number of rotatable bonds is 8. The molecule has 0 aliphatic carbocycles. The Bertz CT molecular complexity index is 790. The molecular weight excluding hydrogens is 368 g/mol. The van der Waals surface area contributed by atoms with Crippen LogP contribution in [0.2, 0.25) is 5.02 Å². The molecule has 0 aliphatic rings. The van der Waals surface area contributed by atoms with E-state index in [-0.39, 0.29) is 11.6 Å². The van der Waals surface area contributed by atoms with Gasteiger partial charge in [-0.2, -0.15) is 0 Å². The number of nitrogens with one attached hydrogen (secondary N) is 1. The zero-order valence-electron chi connectivity index (χ0n) is 15.7. The number of methoxy groups -OCH3 is 1. The smallest absolute Gasteiger partial charge is 0.337 e. The number of ether oxygens (including phenoxy) is 1. The normalized spacial score (nSPS) is 10.4. The lowest BCUT2D eigenvalue weighted by atomic mass is 10.2. The number of carbonyl (C=O) groups is 2. The lowest BCUT2D eigenvalue weighted by Crippen LogP contribution is -2.33. The molecule has 0 saturated carbocycles. The predicted molar refractivity (Wildman–Crippen MR) is 105 cm³/mol. The van der Waals surface area contributed by atoms with Crippen LogP contribution in [0.4, 0.5) is 11.5 Å². The Morgan fingerprint density at radius 2 is 1.81 bits per heavy atom. The standard InChI is InChI=1S/C19H23ClN4O3/c1-4-10-24(11-5-2)18(25)15-8-9-17(23-22-15)21-16-12-13(19(26)27-3)6-7-14(16)20/h6-9,12H,4-5,10-11H2,1-3H3,(H,21,23). The van der Waals surface area contributed by atoms with Crippen molar-refractivity contribution in [1.82, 2.24) is 15.1 Å². The molecule has 0 fully saturated rings. The summed E-state index contributed by atoms with van der Waals surface area (Å²) in [6.07, 6.45) is 1.77. The Morgan fingerprint density at radius 3 is 2.37 bits per heavy atom. The van der Waals surface area contributed by atoms with Gasteiger partial charge in [-0.15, -0.1) is 10.2 Å². The fourth-order valence-electron chi connectivity index (χ4n) is 2.53. The molecule has 0 atom stereocenters. The van der Waals surface area contributed by atoms with Crippen molar-refractivity contribution in [3.63, 3.8) is 0 Å². The third-order valence-corrected chi connectivity index (χ3v) is 4.14. The highest BCUT2D eigenvalue weighted by molar-refractivity contribution is 6.33. The average Bonchev–Trinajstić information content (AvgIpc) is 2.69. The Labute approximate surface area is 163 Å². The number of hydrogen-bond acceptors (Lipinski definition) is 6. The van der Waals surface area contributed by atoms with E-state index < -0.39 is 5.97 Å². The van der Waals surface area contributed by atoms with Crippen molar-refractivity contribution in [2.45, 2.75) is 26.7 Å². The van der Waals surface area contributed by atoms with Crippen LogP contribution >= 0.6 is 11.6 Å². The van der Waals surface area contributed by atoms with Crippen LogP contribution in [-0.2, 0) is 4.74 Å². The van der Waals surface area contributed by atoms with Gasteiger partial charge in [-0.25, -0.2) is 4.79 Å². The molecule has 1 aromatic heterocycles. The van der Waals surface area contributed by atoms with Crippen LogP contribution in [0.3, 0.4) is 0 Å². The lowest BCUT2D eigenvalue weighted by molar-refractivity contribution is 0.0600. The molecule has 0 unspecified atom stereocenters. The molecule has 1 aromatic carbocycles. The third kappa shape index (κ3) is 5.40. The number of anilines is 2. The minimum Gasteiger partial charge on any atom is -0.465 e. The van der Waals surface area contributed by atoms with E-state index in [9.17, 15) is 9.59 Å². The van der Waals surface area contributed by atoms with Gasteiger partial charge in [0.1, 0.15) is 0 Å². The van der Waals surface area contributed by atoms with Gasteiger partial charge in [0.15, 0.2) is 11.5 Å². The lowest BCUT2D eigenvalue weighted by Gasteiger charge is -2.20. The summed E-state index contributed by atoms with van der Waals surface area (Å²) < 4.78 is 4.71. The number of amides is 1. The first-order valence-electron chi connectivity index (χ1n) is 8.78. The van der Waals surface area contributed by atoms with E-state index in [0.717, 1.165) is 12.8 Å². The molecule has 0 aliphatic heterocycles. The van der Waals surface area contributed by atoms with Crippen LogP contribution in [0.1, 0.15) is 47.5 Å². The summed E-state index contributed by atoms with van der Waals surface area (Å²) >= 11 is 6.16. The second-order valence-corrected chi connectivity index (χ2v) is 6.31. The summed E-state index contributed by atoms with van der Waals surface area (Å²) in [4.78, 5) is 26.0. The molecule has 144 valence electrons. The highest BCUT2D eigenvalue weighted by Crippen LogP contribution is 2.26. The zero-order valence-corrected chi connectivity index (χ0v) is 16.4. The molecule has 8 heteroatoms. The maximum absolute atomic E-state index is 12.5. The van der Waals surface area contributed by atoms with Crippen LogP contribution in [0, 0.1) is 0 Å². The average molecular weight is 391 g/mol. The monoisotopic (exact) mass is 390 g/mol. The van der Waals surface area contributed by atoms with Crippen LogP contribution in [0.25, 0.3) is 0 Å². The van der Waals surface area contributed by atoms with Crippen molar-refractivity contribution in [2.24, 2.45) is 0 Å². The Balaban J connectivity index is 2.16. The predicted octanol–water partition coefficient (Wildman–Crippen LogP) is 3.92. The maximum Gasteiger partial charge on any atom is 0.337 e. The van der Waals surface area contributed by atoms with E-state index in [0.29, 0.717) is 35.2 Å². The molecule has 2 aromatic rings. The second-order valence-electron chi connectivity index (χ2n) is 5.91. The molecule has 1 N–H and O–H groups in total. The van der Waals surface area contributed by atoms with Gasteiger partial charge in [0, 0.05) is 13.1 Å². The van der Waals surface area contributed by atoms with Gasteiger partial charge >= 0.3 is 5.97 Å². The fraction of sp³-hybridized carbons (Fsp3) is 0.368. The van der Waals surface area contributed by atoms with Crippen molar-refractivity contribution in [3.8, 4) is 0 Å². The van der Waals surface area contributed by atoms with E-state index in [1.54, 1.807) is 35.2 Å². The van der Waals surface area contributed by atoms with E-state index in [2.05, 4.69) is 15.5 Å². The quantitative estimate of drug-likeness (QED) is 0.687. The van der Waals surface area contributed by atoms with Crippen molar-refractivity contribution in [2.75, 3.05) is 25.5 Å². The Morgan fingerprint density at radius 1 is 1.11 bits per heavy atom. The number of esters is 1. The minimum atomic E-state index is -0.464. The van der Waals surface area contributed by atoms with Crippen LogP contribution < -0.4 is 5.32 Å². The summed E-state index contributed by atoms with van der Waals surface area (Å²) in [6, 6.07) is 8.00. The Kier molecular flexibility index (Phi) is 7.55. The van der Waals surface area contributed by atoms with Crippen LogP contribution in [0.5, 0.6) is 0 Å². The van der Waals surface area contributed by atoms with Crippen molar-refractivity contribution >= 4 is 35.0 Å². The third-order valence-electron chi connectivity index (χ3n) is 3.81. The molecule has 0 saturated heterocycles. The molecule has 0 bridgehead atoms. The van der Waals surface area contributed by atoms with E-state index >= 15 is 0 Å². The Hall–Kier alpha value is -2.67. The van der Waals surface area contributed by atoms with Gasteiger partial charge in [0.2, 0.25) is 0 Å². The van der Waals surface area contributed by atoms with Gasteiger partial charge < -0.3 is 15.0 Å². The van der Waals surface area contributed by atoms with Crippen molar-refractivity contribution in [1.29, 1.82) is 0 Å². The van der Waals surface area contributed by atoms with Crippen LogP contribution in [0.15, 0.2) is 30.3 Å². The zero-order chi connectivity index (χ0) is 19.8. The van der Waals surface area contributed by atoms with Crippen molar-refractivity contribution < 1.29 is 14.3 Å². The molecular formula is C19H23ClN4O3.